The molecule has 13 heavy (non-hydrogen) atoms. The molecule has 0 bridgehead atoms. The fraction of sp³-hybridized carbons (Fsp3) is 0. The lowest BCUT2D eigenvalue weighted by atomic mass is 10.2. The number of carbonyl (C=O) groups is 1. The Morgan fingerprint density at radius 1 is 1.31 bits per heavy atom. The van der Waals surface area contributed by atoms with Crippen LogP contribution in [-0.4, -0.2) is 16.3 Å². The number of halogens is 1. The topological polar surface area (TPSA) is 42.9 Å². The highest BCUT2D eigenvalue weighted by molar-refractivity contribution is 6.33. The van der Waals surface area contributed by atoms with E-state index in [-0.39, 0.29) is 0 Å². The molecule has 2 aromatic heterocycles. The van der Waals surface area contributed by atoms with Gasteiger partial charge < -0.3 is 0 Å². The standard InChI is InChI=1S/C9H5ClN2O/c10-9-8-6(3-4-11-9)1-2-7(5-13)12-8/h1-5H. The third-order valence-electron chi connectivity index (χ3n) is 1.71. The molecule has 0 radical (unpaired) electrons. The van der Waals surface area contributed by atoms with Crippen LogP contribution in [0.25, 0.3) is 10.9 Å². The Hall–Kier alpha value is -1.48. The van der Waals surface area contributed by atoms with Crippen molar-refractivity contribution in [3.8, 4) is 0 Å². The van der Waals surface area contributed by atoms with Gasteiger partial charge in [-0.15, -0.1) is 0 Å². The van der Waals surface area contributed by atoms with Crippen molar-refractivity contribution >= 4 is 28.8 Å². The number of aromatic nitrogens is 2. The predicted molar refractivity (Wildman–Crippen MR) is 49.9 cm³/mol. The molecule has 0 amide bonds. The smallest absolute Gasteiger partial charge is 0.168 e. The fourth-order valence-electron chi connectivity index (χ4n) is 1.09. The van der Waals surface area contributed by atoms with E-state index in [1.807, 2.05) is 0 Å². The average molecular weight is 193 g/mol. The molecule has 2 rings (SSSR count). The summed E-state index contributed by atoms with van der Waals surface area (Å²) in [4.78, 5) is 18.3. The molecule has 0 unspecified atom stereocenters. The Kier molecular flexibility index (Phi) is 1.94. The van der Waals surface area contributed by atoms with Crippen LogP contribution in [0.15, 0.2) is 24.4 Å². The van der Waals surface area contributed by atoms with Gasteiger partial charge in [0.25, 0.3) is 0 Å². The zero-order chi connectivity index (χ0) is 9.26. The zero-order valence-corrected chi connectivity index (χ0v) is 7.32. The number of aldehydes is 1. The van der Waals surface area contributed by atoms with E-state index in [4.69, 9.17) is 11.6 Å². The Labute approximate surface area is 79.4 Å². The Balaban J connectivity index is 2.81. The van der Waals surface area contributed by atoms with Gasteiger partial charge in [0, 0.05) is 11.6 Å². The van der Waals surface area contributed by atoms with Crippen LogP contribution in [0.2, 0.25) is 5.15 Å². The van der Waals surface area contributed by atoms with Gasteiger partial charge in [-0.25, -0.2) is 9.97 Å². The molecule has 0 aliphatic heterocycles. The first-order chi connectivity index (χ1) is 6.31. The van der Waals surface area contributed by atoms with Crippen LogP contribution >= 0.6 is 11.6 Å². The molecule has 2 aromatic rings. The monoisotopic (exact) mass is 192 g/mol. The Bertz CT molecular complexity index is 470. The summed E-state index contributed by atoms with van der Waals surface area (Å²) in [6, 6.07) is 5.23. The molecule has 4 heteroatoms. The number of fused-ring (bicyclic) bond motifs is 1. The van der Waals surface area contributed by atoms with Gasteiger partial charge in [-0.05, 0) is 12.1 Å². The molecule has 2 heterocycles. The summed E-state index contributed by atoms with van der Waals surface area (Å²) in [5.41, 5.74) is 0.927. The quantitative estimate of drug-likeness (QED) is 0.513. The van der Waals surface area contributed by atoms with Crippen molar-refractivity contribution in [2.45, 2.75) is 0 Å². The Morgan fingerprint density at radius 3 is 2.92 bits per heavy atom. The third-order valence-corrected chi connectivity index (χ3v) is 1.98. The maximum atomic E-state index is 10.4. The second-order valence-corrected chi connectivity index (χ2v) is 2.89. The minimum absolute atomic E-state index is 0.321. The summed E-state index contributed by atoms with van der Waals surface area (Å²) in [6.45, 7) is 0. The minimum Gasteiger partial charge on any atom is -0.296 e. The number of carbonyl (C=O) groups excluding carboxylic acids is 1. The van der Waals surface area contributed by atoms with Gasteiger partial charge in [0.1, 0.15) is 11.2 Å². The van der Waals surface area contributed by atoms with E-state index in [1.165, 1.54) is 0 Å². The highest BCUT2D eigenvalue weighted by Gasteiger charge is 2.01. The van der Waals surface area contributed by atoms with Gasteiger partial charge in [-0.2, -0.15) is 0 Å². The molecule has 0 saturated heterocycles. The van der Waals surface area contributed by atoms with Gasteiger partial charge in [0.2, 0.25) is 0 Å². The van der Waals surface area contributed by atoms with Crippen molar-refractivity contribution in [1.82, 2.24) is 9.97 Å². The van der Waals surface area contributed by atoms with Crippen LogP contribution in [0.1, 0.15) is 10.5 Å². The molecule has 3 nitrogen and oxygen atoms in total. The van der Waals surface area contributed by atoms with E-state index >= 15 is 0 Å². The Morgan fingerprint density at radius 2 is 2.15 bits per heavy atom. The molecule has 0 atom stereocenters. The van der Waals surface area contributed by atoms with E-state index < -0.39 is 0 Å². The van der Waals surface area contributed by atoms with Crippen LogP contribution in [0.3, 0.4) is 0 Å². The number of hydrogen-bond donors (Lipinski definition) is 0. The molecule has 0 aliphatic rings. The fourth-order valence-corrected chi connectivity index (χ4v) is 1.30. The van der Waals surface area contributed by atoms with E-state index in [9.17, 15) is 4.79 Å². The molecule has 0 aliphatic carbocycles. The van der Waals surface area contributed by atoms with Crippen molar-refractivity contribution < 1.29 is 4.79 Å². The molecule has 64 valence electrons. The van der Waals surface area contributed by atoms with Crippen molar-refractivity contribution in [2.24, 2.45) is 0 Å². The normalized spacial score (nSPS) is 10.2. The summed E-state index contributed by atoms with van der Waals surface area (Å²) >= 11 is 5.80. The van der Waals surface area contributed by atoms with E-state index in [1.54, 1.807) is 24.4 Å². The number of nitrogens with zero attached hydrogens (tertiary/aromatic N) is 2. The second-order valence-electron chi connectivity index (χ2n) is 2.53. The van der Waals surface area contributed by atoms with Gasteiger partial charge in [-0.1, -0.05) is 17.7 Å². The van der Waals surface area contributed by atoms with Crippen LogP contribution in [0, 0.1) is 0 Å². The van der Waals surface area contributed by atoms with Crippen molar-refractivity contribution in [2.75, 3.05) is 0 Å². The van der Waals surface area contributed by atoms with Gasteiger partial charge in [0.05, 0.1) is 0 Å². The molecule has 0 N–H and O–H groups in total. The second kappa shape index (κ2) is 3.11. The predicted octanol–water partition coefficient (Wildman–Crippen LogP) is 2.10. The van der Waals surface area contributed by atoms with Gasteiger partial charge >= 0.3 is 0 Å². The highest BCUT2D eigenvalue weighted by Crippen LogP contribution is 2.18. The first-order valence-electron chi connectivity index (χ1n) is 3.68. The van der Waals surface area contributed by atoms with Crippen molar-refractivity contribution in [1.29, 1.82) is 0 Å². The summed E-state index contributed by atoms with van der Waals surface area (Å²) in [5.74, 6) is 0. The van der Waals surface area contributed by atoms with Gasteiger partial charge in [0.15, 0.2) is 11.4 Å². The van der Waals surface area contributed by atoms with E-state index in [2.05, 4.69) is 9.97 Å². The SMILES string of the molecule is O=Cc1ccc2ccnc(Cl)c2n1. The summed E-state index contributed by atoms with van der Waals surface area (Å²) in [6.07, 6.45) is 2.29. The van der Waals surface area contributed by atoms with Gasteiger partial charge in [-0.3, -0.25) is 4.79 Å². The van der Waals surface area contributed by atoms with Crippen molar-refractivity contribution in [3.63, 3.8) is 0 Å². The molecular formula is C9H5ClN2O. The first-order valence-corrected chi connectivity index (χ1v) is 4.05. The lowest BCUT2D eigenvalue weighted by molar-refractivity contribution is 0.111. The van der Waals surface area contributed by atoms with E-state index in [0.717, 1.165) is 5.39 Å². The molecule has 0 spiro atoms. The van der Waals surface area contributed by atoms with Crippen molar-refractivity contribution in [3.05, 3.63) is 35.2 Å². The largest absolute Gasteiger partial charge is 0.296 e. The third kappa shape index (κ3) is 1.38. The first kappa shape index (κ1) is 8.13. The summed E-state index contributed by atoms with van der Waals surface area (Å²) in [7, 11) is 0. The lowest BCUT2D eigenvalue weighted by Crippen LogP contribution is -1.89. The summed E-state index contributed by atoms with van der Waals surface area (Å²) < 4.78 is 0. The molecule has 0 aromatic carbocycles. The molecule has 0 saturated carbocycles. The number of hydrogen-bond acceptors (Lipinski definition) is 3. The molecular weight excluding hydrogens is 188 g/mol. The lowest BCUT2D eigenvalue weighted by Gasteiger charge is -1.98. The number of rotatable bonds is 1. The maximum absolute atomic E-state index is 10.4. The maximum Gasteiger partial charge on any atom is 0.168 e. The average Bonchev–Trinajstić information content (AvgIpc) is 2.18. The highest BCUT2D eigenvalue weighted by atomic mass is 35.5. The summed E-state index contributed by atoms with van der Waals surface area (Å²) in [5, 5.41) is 1.20. The van der Waals surface area contributed by atoms with Crippen LogP contribution in [0.5, 0.6) is 0 Å². The van der Waals surface area contributed by atoms with Crippen LogP contribution in [-0.2, 0) is 0 Å². The van der Waals surface area contributed by atoms with Crippen LogP contribution in [0.4, 0.5) is 0 Å². The zero-order valence-electron chi connectivity index (χ0n) is 6.57. The van der Waals surface area contributed by atoms with Crippen LogP contribution < -0.4 is 0 Å². The van der Waals surface area contributed by atoms with E-state index in [0.29, 0.717) is 22.6 Å². The molecule has 0 fully saturated rings. The minimum atomic E-state index is 0.321. The number of pyridine rings is 2.